The molecule has 0 fully saturated rings. The van der Waals surface area contributed by atoms with Gasteiger partial charge in [0.05, 0.1) is 11.0 Å². The smallest absolute Gasteiger partial charge is 0.416 e. The van der Waals surface area contributed by atoms with Gasteiger partial charge in [0, 0.05) is 17.6 Å². The third-order valence-corrected chi connectivity index (χ3v) is 4.34. The first-order valence-electron chi connectivity index (χ1n) is 6.95. The molecule has 0 saturated heterocycles. The summed E-state index contributed by atoms with van der Waals surface area (Å²) in [7, 11) is 0. The molecule has 2 N–H and O–H groups in total. The number of carboxylic acid groups (broad SMARTS) is 1. The molecule has 7 heteroatoms. The standard InChI is InChI=1S/C15H19BrF3NO2/c1-3-14(4-2,13(21)22)9-20-8-10-5-11(15(17,18)19)7-12(16)6-10/h5-7,20H,3-4,8-9H2,1-2H3,(H,21,22). The van der Waals surface area contributed by atoms with Crippen LogP contribution in [0.4, 0.5) is 13.2 Å². The number of aliphatic carboxylic acids is 1. The molecule has 0 amide bonds. The monoisotopic (exact) mass is 381 g/mol. The Hall–Kier alpha value is -1.08. The van der Waals surface area contributed by atoms with Crippen LogP contribution in [0.25, 0.3) is 0 Å². The highest BCUT2D eigenvalue weighted by molar-refractivity contribution is 9.10. The molecule has 0 aliphatic rings. The van der Waals surface area contributed by atoms with E-state index in [0.29, 0.717) is 22.9 Å². The molecule has 0 aliphatic carbocycles. The number of alkyl halides is 3. The summed E-state index contributed by atoms with van der Waals surface area (Å²) in [4.78, 5) is 11.4. The molecule has 0 radical (unpaired) electrons. The normalized spacial score (nSPS) is 12.5. The van der Waals surface area contributed by atoms with Gasteiger partial charge in [-0.2, -0.15) is 13.2 Å². The number of hydrogen-bond acceptors (Lipinski definition) is 2. The Morgan fingerprint density at radius 1 is 1.23 bits per heavy atom. The van der Waals surface area contributed by atoms with Crippen LogP contribution >= 0.6 is 15.9 Å². The summed E-state index contributed by atoms with van der Waals surface area (Å²) in [6.07, 6.45) is -3.49. The lowest BCUT2D eigenvalue weighted by atomic mass is 9.82. The van der Waals surface area contributed by atoms with Crippen molar-refractivity contribution in [1.29, 1.82) is 0 Å². The maximum absolute atomic E-state index is 12.8. The van der Waals surface area contributed by atoms with Crippen LogP contribution in [0, 0.1) is 5.41 Å². The Balaban J connectivity index is 2.81. The molecule has 1 rings (SSSR count). The van der Waals surface area contributed by atoms with E-state index in [4.69, 9.17) is 0 Å². The molecule has 0 bridgehead atoms. The Kier molecular flexibility index (Phi) is 6.43. The maximum Gasteiger partial charge on any atom is 0.416 e. The van der Waals surface area contributed by atoms with Crippen LogP contribution in [0.15, 0.2) is 22.7 Å². The second-order valence-corrected chi connectivity index (χ2v) is 6.16. The third-order valence-electron chi connectivity index (χ3n) is 3.88. The lowest BCUT2D eigenvalue weighted by Gasteiger charge is -2.27. The molecule has 3 nitrogen and oxygen atoms in total. The van der Waals surface area contributed by atoms with Crippen LogP contribution in [-0.4, -0.2) is 17.6 Å². The van der Waals surface area contributed by atoms with E-state index in [0.717, 1.165) is 12.1 Å². The molecule has 0 aliphatic heterocycles. The number of rotatable bonds is 7. The summed E-state index contributed by atoms with van der Waals surface area (Å²) in [6.45, 7) is 3.97. The summed E-state index contributed by atoms with van der Waals surface area (Å²) < 4.78 is 38.6. The first kappa shape index (κ1) is 19.0. The van der Waals surface area contributed by atoms with Gasteiger partial charge in [0.15, 0.2) is 0 Å². The average molecular weight is 382 g/mol. The summed E-state index contributed by atoms with van der Waals surface area (Å²) >= 11 is 3.07. The first-order valence-corrected chi connectivity index (χ1v) is 7.74. The van der Waals surface area contributed by atoms with Crippen LogP contribution in [0.3, 0.4) is 0 Å². The highest BCUT2D eigenvalue weighted by Gasteiger charge is 2.34. The maximum atomic E-state index is 12.8. The number of carboxylic acids is 1. The molecule has 124 valence electrons. The van der Waals surface area contributed by atoms with Crippen molar-refractivity contribution in [3.8, 4) is 0 Å². The van der Waals surface area contributed by atoms with Crippen molar-refractivity contribution >= 4 is 21.9 Å². The predicted octanol–water partition coefficient (Wildman–Crippen LogP) is 4.45. The molecule has 0 aromatic heterocycles. The molecular weight excluding hydrogens is 363 g/mol. The van der Waals surface area contributed by atoms with Crippen LogP contribution in [0.1, 0.15) is 37.8 Å². The van der Waals surface area contributed by atoms with Gasteiger partial charge < -0.3 is 10.4 Å². The zero-order chi connectivity index (χ0) is 17.0. The Morgan fingerprint density at radius 3 is 2.27 bits per heavy atom. The van der Waals surface area contributed by atoms with Gasteiger partial charge in [0.1, 0.15) is 0 Å². The Bertz CT molecular complexity index is 528. The number of nitrogens with one attached hydrogen (secondary N) is 1. The van der Waals surface area contributed by atoms with Gasteiger partial charge in [-0.25, -0.2) is 0 Å². The van der Waals surface area contributed by atoms with E-state index < -0.39 is 23.1 Å². The van der Waals surface area contributed by atoms with Crippen LogP contribution < -0.4 is 5.32 Å². The highest BCUT2D eigenvalue weighted by Crippen LogP contribution is 2.32. The minimum Gasteiger partial charge on any atom is -0.481 e. The number of halogens is 4. The second-order valence-electron chi connectivity index (χ2n) is 5.24. The summed E-state index contributed by atoms with van der Waals surface area (Å²) in [5.74, 6) is -0.893. The Morgan fingerprint density at radius 2 is 1.82 bits per heavy atom. The van der Waals surface area contributed by atoms with E-state index >= 15 is 0 Å². The molecule has 0 atom stereocenters. The molecule has 0 unspecified atom stereocenters. The van der Waals surface area contributed by atoms with Crippen molar-refractivity contribution in [3.63, 3.8) is 0 Å². The SMILES string of the molecule is CCC(CC)(CNCc1cc(Br)cc(C(F)(F)F)c1)C(=O)O. The van der Waals surface area contributed by atoms with Crippen molar-refractivity contribution < 1.29 is 23.1 Å². The van der Waals surface area contributed by atoms with Crippen molar-refractivity contribution in [2.45, 2.75) is 39.4 Å². The van der Waals surface area contributed by atoms with E-state index in [-0.39, 0.29) is 13.1 Å². The molecule has 0 saturated carbocycles. The minimum absolute atomic E-state index is 0.178. The van der Waals surface area contributed by atoms with Crippen molar-refractivity contribution in [3.05, 3.63) is 33.8 Å². The van der Waals surface area contributed by atoms with Crippen molar-refractivity contribution in [2.24, 2.45) is 5.41 Å². The van der Waals surface area contributed by atoms with Crippen LogP contribution in [-0.2, 0) is 17.5 Å². The summed E-state index contributed by atoms with van der Waals surface area (Å²) in [5.41, 5.74) is -1.17. The van der Waals surface area contributed by atoms with Gasteiger partial charge in [-0.1, -0.05) is 29.8 Å². The minimum atomic E-state index is -4.41. The highest BCUT2D eigenvalue weighted by atomic mass is 79.9. The van der Waals surface area contributed by atoms with Gasteiger partial charge in [-0.05, 0) is 36.6 Å². The molecular formula is C15H19BrF3NO2. The van der Waals surface area contributed by atoms with Gasteiger partial charge in [-0.3, -0.25) is 4.79 Å². The molecule has 1 aromatic rings. The zero-order valence-electron chi connectivity index (χ0n) is 12.4. The van der Waals surface area contributed by atoms with E-state index in [1.807, 2.05) is 0 Å². The first-order chi connectivity index (χ1) is 10.1. The van der Waals surface area contributed by atoms with Gasteiger partial charge in [0.25, 0.3) is 0 Å². The van der Waals surface area contributed by atoms with E-state index in [2.05, 4.69) is 21.2 Å². The van der Waals surface area contributed by atoms with Crippen molar-refractivity contribution in [1.82, 2.24) is 5.32 Å². The summed E-state index contributed by atoms with van der Waals surface area (Å²) in [5, 5.41) is 12.3. The number of carbonyl (C=O) groups is 1. The fourth-order valence-electron chi connectivity index (χ4n) is 2.24. The predicted molar refractivity (Wildman–Crippen MR) is 81.5 cm³/mol. The molecule has 0 heterocycles. The van der Waals surface area contributed by atoms with E-state index in [9.17, 15) is 23.1 Å². The fourth-order valence-corrected chi connectivity index (χ4v) is 2.78. The number of benzene rings is 1. The lowest BCUT2D eigenvalue weighted by molar-refractivity contribution is -0.149. The summed E-state index contributed by atoms with van der Waals surface area (Å²) in [6, 6.07) is 3.67. The lowest BCUT2D eigenvalue weighted by Crippen LogP contribution is -2.40. The zero-order valence-corrected chi connectivity index (χ0v) is 14.0. The van der Waals surface area contributed by atoms with Crippen LogP contribution in [0.2, 0.25) is 0 Å². The topological polar surface area (TPSA) is 49.3 Å². The van der Waals surface area contributed by atoms with E-state index in [1.165, 1.54) is 0 Å². The van der Waals surface area contributed by atoms with Gasteiger partial charge in [-0.15, -0.1) is 0 Å². The largest absolute Gasteiger partial charge is 0.481 e. The van der Waals surface area contributed by atoms with E-state index in [1.54, 1.807) is 19.9 Å². The second kappa shape index (κ2) is 7.46. The fraction of sp³-hybridized carbons (Fsp3) is 0.533. The quantitative estimate of drug-likeness (QED) is 0.733. The Labute approximate surface area is 136 Å². The molecule has 0 spiro atoms. The van der Waals surface area contributed by atoms with Crippen LogP contribution in [0.5, 0.6) is 0 Å². The molecule has 22 heavy (non-hydrogen) atoms. The van der Waals surface area contributed by atoms with Crippen molar-refractivity contribution in [2.75, 3.05) is 6.54 Å². The van der Waals surface area contributed by atoms with Gasteiger partial charge >= 0.3 is 12.1 Å². The third kappa shape index (κ3) is 4.71. The van der Waals surface area contributed by atoms with Gasteiger partial charge in [0.2, 0.25) is 0 Å². The average Bonchev–Trinajstić information content (AvgIpc) is 2.42. The molecule has 1 aromatic carbocycles. The number of hydrogen-bond donors (Lipinski definition) is 2.